The van der Waals surface area contributed by atoms with Gasteiger partial charge < -0.3 is 0 Å². The summed E-state index contributed by atoms with van der Waals surface area (Å²) in [4.78, 5) is 15.5. The lowest BCUT2D eigenvalue weighted by Gasteiger charge is -2.16. The lowest BCUT2D eigenvalue weighted by Crippen LogP contribution is -2.17. The molecule has 0 spiro atoms. The van der Waals surface area contributed by atoms with Crippen LogP contribution in [0.2, 0.25) is 0 Å². The van der Waals surface area contributed by atoms with Crippen molar-refractivity contribution in [2.75, 3.05) is 0 Å². The molecule has 0 saturated heterocycles. The molecule has 1 N–H and O–H groups in total. The van der Waals surface area contributed by atoms with Crippen LogP contribution in [0.3, 0.4) is 0 Å². The summed E-state index contributed by atoms with van der Waals surface area (Å²) in [5, 5.41) is 6.35. The summed E-state index contributed by atoms with van der Waals surface area (Å²) in [5.41, 5.74) is 1.07. The van der Waals surface area contributed by atoms with Crippen LogP contribution in [0.1, 0.15) is 26.5 Å². The molecule has 14 heavy (non-hydrogen) atoms. The highest BCUT2D eigenvalue weighted by Crippen LogP contribution is 2.21. The average Bonchev–Trinajstić information content (AvgIpc) is 2.46. The topological polar surface area (TPSA) is 63.1 Å². The second-order valence-electron chi connectivity index (χ2n) is 4.25. The average molecular weight is 192 g/mol. The highest BCUT2D eigenvalue weighted by Gasteiger charge is 2.20. The third kappa shape index (κ3) is 1.21. The molecular weight excluding hydrogens is 180 g/mol. The van der Waals surface area contributed by atoms with Gasteiger partial charge in [0.2, 0.25) is 0 Å². The summed E-state index contributed by atoms with van der Waals surface area (Å²) >= 11 is 0. The van der Waals surface area contributed by atoms with Gasteiger partial charge in [0.25, 0.3) is 0 Å². The Kier molecular flexibility index (Phi) is 1.70. The monoisotopic (exact) mass is 192 g/mol. The van der Waals surface area contributed by atoms with Crippen LogP contribution in [0.5, 0.6) is 0 Å². The van der Waals surface area contributed by atoms with Gasteiger partial charge in [-0.15, -0.1) is 0 Å². The van der Waals surface area contributed by atoms with Crippen LogP contribution in [-0.4, -0.2) is 19.6 Å². The van der Waals surface area contributed by atoms with Crippen molar-refractivity contribution in [2.24, 2.45) is 0 Å². The smallest absolute Gasteiger partial charge is 0.255 e. The van der Waals surface area contributed by atoms with Gasteiger partial charge in [0.15, 0.2) is 5.65 Å². The molecule has 74 valence electrons. The zero-order chi connectivity index (χ0) is 10.3. The summed E-state index contributed by atoms with van der Waals surface area (Å²) in [6.07, 6.45) is 3.22. The quantitative estimate of drug-likeness (QED) is 0.668. The maximum absolute atomic E-state index is 11.3. The molecule has 0 radical (unpaired) electrons. The summed E-state index contributed by atoms with van der Waals surface area (Å²) < 4.78 is 1.47. The largest absolute Gasteiger partial charge is 0.347 e. The number of rotatable bonds is 0. The number of hydrogen-bond acceptors (Lipinski definition) is 3. The molecule has 0 fully saturated rings. The highest BCUT2D eigenvalue weighted by molar-refractivity contribution is 5.45. The fourth-order valence-corrected chi connectivity index (χ4v) is 1.37. The van der Waals surface area contributed by atoms with Crippen LogP contribution in [0.15, 0.2) is 17.2 Å². The normalized spacial score (nSPS) is 12.2. The fourth-order valence-electron chi connectivity index (χ4n) is 1.37. The van der Waals surface area contributed by atoms with Crippen molar-refractivity contribution in [3.8, 4) is 0 Å². The summed E-state index contributed by atoms with van der Waals surface area (Å²) in [6, 6.07) is 0. The van der Waals surface area contributed by atoms with Crippen LogP contribution in [-0.2, 0) is 5.41 Å². The first kappa shape index (κ1) is 8.93. The van der Waals surface area contributed by atoms with Gasteiger partial charge >= 0.3 is 5.69 Å². The molecule has 0 saturated carbocycles. The first-order valence-corrected chi connectivity index (χ1v) is 4.42. The van der Waals surface area contributed by atoms with Gasteiger partial charge in [-0.25, -0.2) is 14.3 Å². The molecule has 0 unspecified atom stereocenters. The summed E-state index contributed by atoms with van der Waals surface area (Å²) in [5.74, 6) is 0. The van der Waals surface area contributed by atoms with Crippen molar-refractivity contribution in [2.45, 2.75) is 26.2 Å². The Morgan fingerprint density at radius 1 is 1.43 bits per heavy atom. The van der Waals surface area contributed by atoms with Crippen molar-refractivity contribution in [3.63, 3.8) is 0 Å². The second kappa shape index (κ2) is 2.67. The van der Waals surface area contributed by atoms with E-state index in [0.717, 1.165) is 5.69 Å². The van der Waals surface area contributed by atoms with Crippen molar-refractivity contribution >= 4 is 5.65 Å². The molecule has 0 atom stereocenters. The summed E-state index contributed by atoms with van der Waals surface area (Å²) in [7, 11) is 0. The predicted molar refractivity (Wildman–Crippen MR) is 52.3 cm³/mol. The number of H-pyrrole nitrogens is 1. The van der Waals surface area contributed by atoms with Crippen LogP contribution < -0.4 is 5.69 Å². The van der Waals surface area contributed by atoms with Gasteiger partial charge in [0.05, 0.1) is 5.69 Å². The van der Waals surface area contributed by atoms with E-state index in [0.29, 0.717) is 5.65 Å². The standard InChI is InChI=1S/C9H12N4O/c1-9(2,3)6-7-11-12-8(14)13(7)5-4-10-6/h4-5H,1-3H3,(H,12,14). The maximum atomic E-state index is 11.3. The molecule has 5 nitrogen and oxygen atoms in total. The van der Waals surface area contributed by atoms with E-state index >= 15 is 0 Å². The van der Waals surface area contributed by atoms with E-state index in [1.165, 1.54) is 4.40 Å². The Bertz CT molecular complexity index is 517. The Balaban J connectivity index is 2.85. The van der Waals surface area contributed by atoms with Crippen molar-refractivity contribution in [1.29, 1.82) is 0 Å². The molecular formula is C9H12N4O. The molecule has 0 aliphatic heterocycles. The molecule has 0 aliphatic rings. The Morgan fingerprint density at radius 3 is 2.79 bits per heavy atom. The number of nitrogens with one attached hydrogen (secondary N) is 1. The molecule has 2 aromatic rings. The third-order valence-corrected chi connectivity index (χ3v) is 2.05. The molecule has 0 bridgehead atoms. The van der Waals surface area contributed by atoms with Gasteiger partial charge in [0, 0.05) is 17.8 Å². The highest BCUT2D eigenvalue weighted by atomic mass is 16.1. The van der Waals surface area contributed by atoms with Gasteiger partial charge in [-0.05, 0) is 0 Å². The van der Waals surface area contributed by atoms with Crippen LogP contribution in [0, 0.1) is 0 Å². The lowest BCUT2D eigenvalue weighted by atomic mass is 9.92. The van der Waals surface area contributed by atoms with E-state index in [-0.39, 0.29) is 11.1 Å². The van der Waals surface area contributed by atoms with Crippen LogP contribution in [0.4, 0.5) is 0 Å². The van der Waals surface area contributed by atoms with E-state index in [4.69, 9.17) is 0 Å². The first-order chi connectivity index (χ1) is 6.50. The SMILES string of the molecule is CC(C)(C)c1nccn2c(=O)[nH]nc12. The predicted octanol–water partition coefficient (Wildman–Crippen LogP) is 0.715. The van der Waals surface area contributed by atoms with Gasteiger partial charge in [-0.3, -0.25) is 4.98 Å². The number of aromatic amines is 1. The molecule has 2 heterocycles. The number of aromatic nitrogens is 4. The zero-order valence-corrected chi connectivity index (χ0v) is 8.40. The van der Waals surface area contributed by atoms with E-state index in [9.17, 15) is 4.79 Å². The minimum absolute atomic E-state index is 0.117. The minimum atomic E-state index is -0.229. The number of hydrogen-bond donors (Lipinski definition) is 1. The molecule has 2 aromatic heterocycles. The van der Waals surface area contributed by atoms with Crippen LogP contribution in [0.25, 0.3) is 5.65 Å². The van der Waals surface area contributed by atoms with Gasteiger partial charge in [0.1, 0.15) is 0 Å². The van der Waals surface area contributed by atoms with E-state index in [2.05, 4.69) is 15.2 Å². The van der Waals surface area contributed by atoms with E-state index in [1.807, 2.05) is 20.8 Å². The van der Waals surface area contributed by atoms with Crippen molar-refractivity contribution in [1.82, 2.24) is 19.6 Å². The molecule has 5 heteroatoms. The van der Waals surface area contributed by atoms with E-state index in [1.54, 1.807) is 12.4 Å². The number of fused-ring (bicyclic) bond motifs is 1. The first-order valence-electron chi connectivity index (χ1n) is 4.42. The minimum Gasteiger partial charge on any atom is -0.255 e. The molecule has 2 rings (SSSR count). The molecule has 0 aromatic carbocycles. The Hall–Kier alpha value is -1.65. The van der Waals surface area contributed by atoms with Crippen LogP contribution >= 0.6 is 0 Å². The van der Waals surface area contributed by atoms with Crippen molar-refractivity contribution < 1.29 is 0 Å². The number of nitrogens with zero attached hydrogens (tertiary/aromatic N) is 3. The van der Waals surface area contributed by atoms with Gasteiger partial charge in [-0.2, -0.15) is 5.10 Å². The zero-order valence-electron chi connectivity index (χ0n) is 8.40. The Morgan fingerprint density at radius 2 is 2.14 bits per heavy atom. The molecule has 0 aliphatic carbocycles. The fraction of sp³-hybridized carbons (Fsp3) is 0.444. The Labute approximate surface area is 80.8 Å². The lowest BCUT2D eigenvalue weighted by molar-refractivity contribution is 0.570. The molecule has 0 amide bonds. The maximum Gasteiger partial charge on any atom is 0.347 e. The second-order valence-corrected chi connectivity index (χ2v) is 4.25. The van der Waals surface area contributed by atoms with Gasteiger partial charge in [-0.1, -0.05) is 20.8 Å². The third-order valence-electron chi connectivity index (χ3n) is 2.05. The van der Waals surface area contributed by atoms with Crippen molar-refractivity contribution in [3.05, 3.63) is 28.6 Å². The van der Waals surface area contributed by atoms with E-state index < -0.39 is 0 Å². The summed E-state index contributed by atoms with van der Waals surface area (Å²) in [6.45, 7) is 6.11.